The molecule has 0 amide bonds. The number of guanidine groups is 1. The molecule has 0 aromatic carbocycles. The molecule has 0 aromatic rings. The molecule has 0 spiro atoms. The molecular formula is C13H26N4O. The maximum Gasteiger partial charge on any atom is 0.190 e. The molecule has 0 atom stereocenters. The third-order valence-corrected chi connectivity index (χ3v) is 4.25. The van der Waals surface area contributed by atoms with Crippen molar-refractivity contribution in [3.63, 3.8) is 0 Å². The Morgan fingerprint density at radius 3 is 2.50 bits per heavy atom. The Hall–Kier alpha value is -0.810. The van der Waals surface area contributed by atoms with Gasteiger partial charge in [-0.2, -0.15) is 0 Å². The van der Waals surface area contributed by atoms with Crippen LogP contribution in [0.3, 0.4) is 0 Å². The van der Waals surface area contributed by atoms with E-state index in [-0.39, 0.29) is 5.54 Å². The minimum atomic E-state index is 0.265. The van der Waals surface area contributed by atoms with E-state index in [9.17, 15) is 0 Å². The monoisotopic (exact) mass is 254 g/mol. The number of nitrogens with zero attached hydrogens (tertiary/aromatic N) is 2. The Morgan fingerprint density at radius 1 is 1.28 bits per heavy atom. The highest BCUT2D eigenvalue weighted by atomic mass is 16.5. The van der Waals surface area contributed by atoms with Gasteiger partial charge in [0.05, 0.1) is 0 Å². The van der Waals surface area contributed by atoms with Crippen molar-refractivity contribution in [3.05, 3.63) is 0 Å². The SMILES string of the molecule is CN=C(NC)NCC1(N2CCCC2)CCOCC1. The maximum absolute atomic E-state index is 5.54. The van der Waals surface area contributed by atoms with Gasteiger partial charge >= 0.3 is 0 Å². The zero-order valence-corrected chi connectivity index (χ0v) is 11.7. The number of rotatable bonds is 3. The molecule has 2 heterocycles. The Labute approximate surface area is 110 Å². The summed E-state index contributed by atoms with van der Waals surface area (Å²) in [6, 6.07) is 0. The third kappa shape index (κ3) is 2.95. The Bertz CT molecular complexity index is 281. The normalized spacial score (nSPS) is 25.1. The van der Waals surface area contributed by atoms with Crippen LogP contribution in [0.1, 0.15) is 25.7 Å². The van der Waals surface area contributed by atoms with Crippen LogP contribution in [0.15, 0.2) is 4.99 Å². The molecule has 0 bridgehead atoms. The molecule has 0 unspecified atom stereocenters. The first-order chi connectivity index (χ1) is 8.80. The van der Waals surface area contributed by atoms with E-state index < -0.39 is 0 Å². The second-order valence-corrected chi connectivity index (χ2v) is 5.21. The van der Waals surface area contributed by atoms with E-state index in [1.54, 1.807) is 0 Å². The van der Waals surface area contributed by atoms with Crippen LogP contribution in [0.4, 0.5) is 0 Å². The average Bonchev–Trinajstić information content (AvgIpc) is 2.95. The van der Waals surface area contributed by atoms with Gasteiger partial charge in [-0.05, 0) is 38.8 Å². The topological polar surface area (TPSA) is 48.9 Å². The van der Waals surface area contributed by atoms with Crippen LogP contribution >= 0.6 is 0 Å². The van der Waals surface area contributed by atoms with E-state index in [0.717, 1.165) is 38.6 Å². The van der Waals surface area contributed by atoms with Gasteiger partial charge in [-0.3, -0.25) is 9.89 Å². The van der Waals surface area contributed by atoms with E-state index in [0.29, 0.717) is 0 Å². The highest BCUT2D eigenvalue weighted by Crippen LogP contribution is 2.30. The summed E-state index contributed by atoms with van der Waals surface area (Å²) in [6.07, 6.45) is 4.92. The van der Waals surface area contributed by atoms with Gasteiger partial charge in [0.15, 0.2) is 5.96 Å². The molecule has 5 heteroatoms. The quantitative estimate of drug-likeness (QED) is 0.566. The van der Waals surface area contributed by atoms with Gasteiger partial charge in [0.2, 0.25) is 0 Å². The number of aliphatic imine (C=N–C) groups is 1. The van der Waals surface area contributed by atoms with Gasteiger partial charge in [-0.25, -0.2) is 0 Å². The van der Waals surface area contributed by atoms with Crippen molar-refractivity contribution in [2.45, 2.75) is 31.2 Å². The van der Waals surface area contributed by atoms with Crippen LogP contribution in [0, 0.1) is 0 Å². The van der Waals surface area contributed by atoms with Crippen molar-refractivity contribution in [1.29, 1.82) is 0 Å². The summed E-state index contributed by atoms with van der Waals surface area (Å²) in [5, 5.41) is 6.54. The van der Waals surface area contributed by atoms with E-state index >= 15 is 0 Å². The Kier molecular flexibility index (Phi) is 4.83. The summed E-state index contributed by atoms with van der Waals surface area (Å²) in [4.78, 5) is 6.85. The summed E-state index contributed by atoms with van der Waals surface area (Å²) in [6.45, 7) is 5.20. The smallest absolute Gasteiger partial charge is 0.190 e. The molecule has 0 radical (unpaired) electrons. The number of likely N-dealkylation sites (tertiary alicyclic amines) is 1. The molecule has 2 aliphatic rings. The first-order valence-electron chi connectivity index (χ1n) is 7.02. The Morgan fingerprint density at radius 2 is 1.94 bits per heavy atom. The zero-order chi connectivity index (χ0) is 12.8. The summed E-state index contributed by atoms with van der Waals surface area (Å²) in [5.74, 6) is 0.875. The second kappa shape index (κ2) is 6.38. The summed E-state index contributed by atoms with van der Waals surface area (Å²) in [7, 11) is 3.72. The fourth-order valence-electron chi connectivity index (χ4n) is 3.08. The van der Waals surface area contributed by atoms with Gasteiger partial charge in [-0.15, -0.1) is 0 Å². The molecule has 104 valence electrons. The first-order valence-corrected chi connectivity index (χ1v) is 7.02. The lowest BCUT2D eigenvalue weighted by Crippen LogP contribution is -2.58. The van der Waals surface area contributed by atoms with Gasteiger partial charge in [0.1, 0.15) is 0 Å². The number of hydrogen-bond acceptors (Lipinski definition) is 3. The third-order valence-electron chi connectivity index (χ3n) is 4.25. The lowest BCUT2D eigenvalue weighted by molar-refractivity contribution is -0.0163. The minimum absolute atomic E-state index is 0.265. The predicted molar refractivity (Wildman–Crippen MR) is 74.0 cm³/mol. The van der Waals surface area contributed by atoms with Crippen molar-refractivity contribution < 1.29 is 4.74 Å². The maximum atomic E-state index is 5.54. The molecule has 0 aliphatic carbocycles. The second-order valence-electron chi connectivity index (χ2n) is 5.21. The molecule has 2 saturated heterocycles. The minimum Gasteiger partial charge on any atom is -0.381 e. The van der Waals surface area contributed by atoms with Crippen molar-refractivity contribution in [1.82, 2.24) is 15.5 Å². The summed E-state index contributed by atoms with van der Waals surface area (Å²) < 4.78 is 5.54. The standard InChI is InChI=1S/C13H26N4O/c1-14-12(15-2)16-11-13(5-9-18-10-6-13)17-7-3-4-8-17/h3-11H2,1-2H3,(H2,14,15,16). The van der Waals surface area contributed by atoms with Gasteiger partial charge < -0.3 is 15.4 Å². The fourth-order valence-corrected chi connectivity index (χ4v) is 3.08. The molecule has 2 aliphatic heterocycles. The van der Waals surface area contributed by atoms with Crippen LogP contribution in [0.2, 0.25) is 0 Å². The number of nitrogens with one attached hydrogen (secondary N) is 2. The zero-order valence-electron chi connectivity index (χ0n) is 11.7. The van der Waals surface area contributed by atoms with Crippen LogP contribution in [0.5, 0.6) is 0 Å². The lowest BCUT2D eigenvalue weighted by Gasteiger charge is -2.44. The van der Waals surface area contributed by atoms with E-state index in [4.69, 9.17) is 4.74 Å². The molecule has 0 saturated carbocycles. The van der Waals surface area contributed by atoms with Crippen molar-refractivity contribution in [2.24, 2.45) is 4.99 Å². The van der Waals surface area contributed by atoms with Crippen molar-refractivity contribution in [3.8, 4) is 0 Å². The molecule has 2 N–H and O–H groups in total. The predicted octanol–water partition coefficient (Wildman–Crippen LogP) is 0.426. The molecule has 2 fully saturated rings. The van der Waals surface area contributed by atoms with E-state index in [1.807, 2.05) is 14.1 Å². The number of ether oxygens (including phenoxy) is 1. The van der Waals surface area contributed by atoms with E-state index in [1.165, 1.54) is 25.9 Å². The highest BCUT2D eigenvalue weighted by molar-refractivity contribution is 5.79. The van der Waals surface area contributed by atoms with Crippen LogP contribution in [-0.2, 0) is 4.74 Å². The Balaban J connectivity index is 1.99. The van der Waals surface area contributed by atoms with Gasteiger partial charge in [0, 0.05) is 39.4 Å². The first kappa shape index (κ1) is 13.6. The molecule has 18 heavy (non-hydrogen) atoms. The van der Waals surface area contributed by atoms with Crippen molar-refractivity contribution >= 4 is 5.96 Å². The van der Waals surface area contributed by atoms with Gasteiger partial charge in [-0.1, -0.05) is 0 Å². The van der Waals surface area contributed by atoms with Crippen LogP contribution in [-0.4, -0.2) is 63.3 Å². The largest absolute Gasteiger partial charge is 0.381 e. The van der Waals surface area contributed by atoms with Crippen molar-refractivity contribution in [2.75, 3.05) is 46.9 Å². The van der Waals surface area contributed by atoms with Gasteiger partial charge in [0.25, 0.3) is 0 Å². The fraction of sp³-hybridized carbons (Fsp3) is 0.923. The molecule has 5 nitrogen and oxygen atoms in total. The molecular weight excluding hydrogens is 228 g/mol. The van der Waals surface area contributed by atoms with Crippen LogP contribution in [0.25, 0.3) is 0 Å². The van der Waals surface area contributed by atoms with Crippen LogP contribution < -0.4 is 10.6 Å². The summed E-state index contributed by atoms with van der Waals surface area (Å²) >= 11 is 0. The van der Waals surface area contributed by atoms with E-state index in [2.05, 4.69) is 20.5 Å². The molecule has 0 aromatic heterocycles. The summed E-state index contributed by atoms with van der Waals surface area (Å²) in [5.41, 5.74) is 0.265. The molecule has 2 rings (SSSR count). The average molecular weight is 254 g/mol. The highest BCUT2D eigenvalue weighted by Gasteiger charge is 2.39. The lowest BCUT2D eigenvalue weighted by atomic mass is 9.88. The number of hydrogen-bond donors (Lipinski definition) is 2.